The van der Waals surface area contributed by atoms with E-state index in [-0.39, 0.29) is 0 Å². The Balaban J connectivity index is 1.31. The minimum Gasteiger partial charge on any atom is -0.438 e. The van der Waals surface area contributed by atoms with Crippen molar-refractivity contribution in [2.45, 2.75) is 0 Å². The lowest BCUT2D eigenvalue weighted by atomic mass is 9.97. The average Bonchev–Trinajstić information content (AvgIpc) is 3.72. The van der Waals surface area contributed by atoms with Gasteiger partial charge in [-0.15, -0.1) is 11.3 Å². The molecule has 224 valence electrons. The molecule has 0 radical (unpaired) electrons. The van der Waals surface area contributed by atoms with E-state index in [1.165, 1.54) is 20.2 Å². The van der Waals surface area contributed by atoms with Gasteiger partial charge in [-0.1, -0.05) is 115 Å². The summed E-state index contributed by atoms with van der Waals surface area (Å²) in [5.41, 5.74) is 7.09. The minimum absolute atomic E-state index is 0.578. The van der Waals surface area contributed by atoms with Crippen LogP contribution in [-0.4, -0.2) is 19.9 Å². The summed E-state index contributed by atoms with van der Waals surface area (Å²) in [6, 6.07) is 49.9. The molecule has 0 aliphatic rings. The Morgan fingerprint density at radius 3 is 1.92 bits per heavy atom. The van der Waals surface area contributed by atoms with Crippen LogP contribution in [0.2, 0.25) is 0 Å². The number of hydrogen-bond donors (Lipinski definition) is 0. The van der Waals surface area contributed by atoms with Gasteiger partial charge in [0.2, 0.25) is 5.71 Å². The van der Waals surface area contributed by atoms with Crippen LogP contribution in [-0.2, 0) is 0 Å². The molecule has 0 spiro atoms. The molecule has 10 aromatic rings. The maximum atomic E-state index is 6.61. The van der Waals surface area contributed by atoms with E-state index < -0.39 is 0 Å². The summed E-state index contributed by atoms with van der Waals surface area (Å²) in [6.07, 6.45) is 0. The molecule has 4 heterocycles. The van der Waals surface area contributed by atoms with Crippen molar-refractivity contribution in [2.75, 3.05) is 0 Å². The molecule has 4 aromatic heterocycles. The Labute approximate surface area is 278 Å². The van der Waals surface area contributed by atoms with Crippen molar-refractivity contribution in [1.82, 2.24) is 19.9 Å². The third-order valence-electron chi connectivity index (χ3n) is 8.92. The first-order valence-electron chi connectivity index (χ1n) is 15.8. The van der Waals surface area contributed by atoms with Crippen LogP contribution in [0.1, 0.15) is 0 Å². The van der Waals surface area contributed by atoms with Crippen molar-refractivity contribution in [2.24, 2.45) is 0 Å². The molecule has 0 amide bonds. The van der Waals surface area contributed by atoms with E-state index in [4.69, 9.17) is 24.4 Å². The van der Waals surface area contributed by atoms with E-state index in [1.807, 2.05) is 90.2 Å². The fourth-order valence-electron chi connectivity index (χ4n) is 6.67. The van der Waals surface area contributed by atoms with Crippen molar-refractivity contribution in [3.63, 3.8) is 0 Å². The van der Waals surface area contributed by atoms with E-state index in [0.29, 0.717) is 23.2 Å². The number of hydrogen-bond acceptors (Lipinski definition) is 6. The van der Waals surface area contributed by atoms with Crippen molar-refractivity contribution in [3.8, 4) is 45.3 Å². The van der Waals surface area contributed by atoms with Crippen LogP contribution >= 0.6 is 11.3 Å². The monoisotopic (exact) mass is 632 g/mol. The molecular formula is C42H24N4OS. The molecule has 0 unspecified atom stereocenters. The van der Waals surface area contributed by atoms with Gasteiger partial charge in [0.05, 0.1) is 5.52 Å². The smallest absolute Gasteiger partial charge is 0.227 e. The lowest BCUT2D eigenvalue weighted by molar-refractivity contribution is 0.656. The fourth-order valence-corrected chi connectivity index (χ4v) is 7.91. The topological polar surface area (TPSA) is 64.7 Å². The molecule has 0 atom stereocenters. The number of nitrogens with zero attached hydrogens (tertiary/aromatic N) is 4. The molecule has 0 fully saturated rings. The maximum absolute atomic E-state index is 6.61. The van der Waals surface area contributed by atoms with Gasteiger partial charge in [0.15, 0.2) is 17.5 Å². The van der Waals surface area contributed by atoms with Gasteiger partial charge in [-0.25, -0.2) is 19.9 Å². The van der Waals surface area contributed by atoms with Crippen LogP contribution in [0.5, 0.6) is 0 Å². The number of benzene rings is 6. The van der Waals surface area contributed by atoms with Crippen LogP contribution < -0.4 is 0 Å². The van der Waals surface area contributed by atoms with Gasteiger partial charge in [-0.2, -0.15) is 0 Å². The van der Waals surface area contributed by atoms with E-state index in [9.17, 15) is 0 Å². The summed E-state index contributed by atoms with van der Waals surface area (Å²) in [6.45, 7) is 0. The van der Waals surface area contributed by atoms with Gasteiger partial charge in [-0.05, 0) is 41.5 Å². The molecule has 6 aromatic carbocycles. The molecule has 48 heavy (non-hydrogen) atoms. The van der Waals surface area contributed by atoms with E-state index in [2.05, 4.69) is 66.7 Å². The fraction of sp³-hybridized carbons (Fsp3) is 0. The first-order valence-corrected chi connectivity index (χ1v) is 16.6. The molecule has 0 saturated heterocycles. The molecular weight excluding hydrogens is 609 g/mol. The second-order valence-corrected chi connectivity index (χ2v) is 12.9. The van der Waals surface area contributed by atoms with Crippen molar-refractivity contribution in [3.05, 3.63) is 146 Å². The molecule has 5 nitrogen and oxygen atoms in total. The molecule has 6 heteroatoms. The predicted octanol–water partition coefficient (Wildman–Crippen LogP) is 11.4. The first-order chi connectivity index (χ1) is 23.8. The normalized spacial score (nSPS) is 11.8. The van der Waals surface area contributed by atoms with Crippen molar-refractivity contribution >= 4 is 64.5 Å². The predicted molar refractivity (Wildman–Crippen MR) is 197 cm³/mol. The Morgan fingerprint density at radius 2 is 1.12 bits per heavy atom. The Bertz CT molecular complexity index is 2780. The highest BCUT2D eigenvalue weighted by molar-refractivity contribution is 7.26. The first kappa shape index (κ1) is 26.9. The quantitative estimate of drug-likeness (QED) is 0.193. The van der Waals surface area contributed by atoms with Crippen LogP contribution in [0.4, 0.5) is 0 Å². The summed E-state index contributed by atoms with van der Waals surface area (Å²) >= 11 is 1.81. The summed E-state index contributed by atoms with van der Waals surface area (Å²) < 4.78 is 9.10. The Morgan fingerprint density at radius 1 is 0.458 bits per heavy atom. The Hall–Kier alpha value is -6.24. The zero-order valence-electron chi connectivity index (χ0n) is 25.5. The molecule has 10 rings (SSSR count). The summed E-state index contributed by atoms with van der Waals surface area (Å²) in [5.74, 6) is 1.80. The lowest BCUT2D eigenvalue weighted by Crippen LogP contribution is -2.00. The van der Waals surface area contributed by atoms with Crippen molar-refractivity contribution in [1.29, 1.82) is 0 Å². The molecule has 0 bridgehead atoms. The second kappa shape index (κ2) is 10.7. The number of thiophene rings is 1. The van der Waals surface area contributed by atoms with E-state index >= 15 is 0 Å². The van der Waals surface area contributed by atoms with Crippen LogP contribution in [0.25, 0.3) is 98.4 Å². The van der Waals surface area contributed by atoms with E-state index in [0.717, 1.165) is 55.1 Å². The lowest BCUT2D eigenvalue weighted by Gasteiger charge is -2.11. The van der Waals surface area contributed by atoms with E-state index in [1.54, 1.807) is 0 Å². The number of furan rings is 1. The molecule has 0 aliphatic carbocycles. The highest BCUT2D eigenvalue weighted by atomic mass is 32.1. The van der Waals surface area contributed by atoms with Gasteiger partial charge < -0.3 is 4.42 Å². The van der Waals surface area contributed by atoms with Gasteiger partial charge in [0, 0.05) is 53.0 Å². The number of aromatic nitrogens is 4. The van der Waals surface area contributed by atoms with Crippen LogP contribution in [0.15, 0.2) is 150 Å². The Kier molecular flexibility index (Phi) is 5.98. The number of rotatable bonds is 4. The van der Waals surface area contributed by atoms with Crippen LogP contribution in [0, 0.1) is 0 Å². The molecule has 0 saturated carbocycles. The standard InChI is InChI=1S/C42H24N4OS/c1-3-12-25(13-4-1)39-44-40(26-14-5-2-6-15-26)46-41(45-39)32-23-28(29-18-11-19-31-30-17-8-10-21-36(30)48-38(29)31)24-35-37(32)33-22-27-16-7-9-20-34(27)43-42(33)47-35/h1-24H. The molecule has 0 N–H and O–H groups in total. The van der Waals surface area contributed by atoms with Crippen molar-refractivity contribution < 1.29 is 4.42 Å². The summed E-state index contributed by atoms with van der Waals surface area (Å²) in [5, 5.41) is 5.40. The molecule has 0 aliphatic heterocycles. The zero-order chi connectivity index (χ0) is 31.6. The van der Waals surface area contributed by atoms with Gasteiger partial charge in [0.1, 0.15) is 5.58 Å². The third-order valence-corrected chi connectivity index (χ3v) is 10.1. The second-order valence-electron chi connectivity index (χ2n) is 11.9. The van der Waals surface area contributed by atoms with Gasteiger partial charge in [0.25, 0.3) is 0 Å². The van der Waals surface area contributed by atoms with Gasteiger partial charge >= 0.3 is 0 Å². The maximum Gasteiger partial charge on any atom is 0.227 e. The minimum atomic E-state index is 0.578. The highest BCUT2D eigenvalue weighted by Gasteiger charge is 2.22. The number of para-hydroxylation sites is 1. The summed E-state index contributed by atoms with van der Waals surface area (Å²) in [7, 11) is 0. The average molecular weight is 633 g/mol. The zero-order valence-corrected chi connectivity index (χ0v) is 26.3. The summed E-state index contributed by atoms with van der Waals surface area (Å²) in [4.78, 5) is 20.2. The highest BCUT2D eigenvalue weighted by Crippen LogP contribution is 2.44. The van der Waals surface area contributed by atoms with Crippen LogP contribution in [0.3, 0.4) is 0 Å². The largest absolute Gasteiger partial charge is 0.438 e. The third kappa shape index (κ3) is 4.31. The number of pyridine rings is 1. The SMILES string of the molecule is c1ccc(-c2nc(-c3ccccc3)nc(-c3cc(-c4cccc5c4sc4ccccc45)cc4oc5nc6ccccc6cc5c34)n2)cc1. The van der Waals surface area contributed by atoms with Gasteiger partial charge in [-0.3, -0.25) is 0 Å². The number of fused-ring (bicyclic) bond motifs is 7.